The van der Waals surface area contributed by atoms with E-state index in [2.05, 4.69) is 27.9 Å². The molecule has 0 radical (unpaired) electrons. The minimum Gasteiger partial charge on any atom is -0.328 e. The quantitative estimate of drug-likeness (QED) is 0.918. The first kappa shape index (κ1) is 14.3. The molecular weight excluding hydrogens is 262 g/mol. The highest BCUT2D eigenvalue weighted by molar-refractivity contribution is 5.82. The number of carbonyl (C=O) groups excluding carboxylic acids is 1. The molecule has 0 saturated carbocycles. The molecule has 2 heterocycles. The minimum atomic E-state index is 0.314. The number of nitrogens with zero attached hydrogens (tertiary/aromatic N) is 2. The summed E-state index contributed by atoms with van der Waals surface area (Å²) in [5, 5.41) is 3.38. The molecule has 112 valence electrons. The normalized spacial score (nSPS) is 19.0. The van der Waals surface area contributed by atoms with E-state index in [1.54, 1.807) is 0 Å². The molecule has 1 N–H and O–H groups in total. The average Bonchev–Trinajstić information content (AvgIpc) is 2.85. The number of ketones is 1. The van der Waals surface area contributed by atoms with Crippen molar-refractivity contribution in [2.75, 3.05) is 13.1 Å². The van der Waals surface area contributed by atoms with Gasteiger partial charge in [-0.05, 0) is 50.9 Å². The van der Waals surface area contributed by atoms with Crippen LogP contribution in [0.4, 0.5) is 0 Å². The Morgan fingerprint density at radius 2 is 2.29 bits per heavy atom. The predicted molar refractivity (Wildman–Crippen MR) is 84.3 cm³/mol. The van der Waals surface area contributed by atoms with Crippen molar-refractivity contribution in [3.05, 3.63) is 30.1 Å². The summed E-state index contributed by atoms with van der Waals surface area (Å²) in [6, 6.07) is 8.11. The molecule has 1 saturated heterocycles. The number of aryl methyl sites for hydroxylation is 1. The summed E-state index contributed by atoms with van der Waals surface area (Å²) in [6.45, 7) is 5.04. The van der Waals surface area contributed by atoms with Gasteiger partial charge in [0.2, 0.25) is 0 Å². The van der Waals surface area contributed by atoms with Gasteiger partial charge in [-0.15, -0.1) is 0 Å². The van der Waals surface area contributed by atoms with E-state index < -0.39 is 0 Å². The van der Waals surface area contributed by atoms with Crippen molar-refractivity contribution in [3.63, 3.8) is 0 Å². The van der Waals surface area contributed by atoms with Crippen LogP contribution in [0.25, 0.3) is 11.0 Å². The second-order valence-corrected chi connectivity index (χ2v) is 5.89. The molecule has 0 bridgehead atoms. The third-order valence-corrected chi connectivity index (χ3v) is 4.32. The summed E-state index contributed by atoms with van der Waals surface area (Å²) in [5.41, 5.74) is 2.11. The van der Waals surface area contributed by atoms with E-state index in [0.717, 1.165) is 36.5 Å². The second-order valence-electron chi connectivity index (χ2n) is 5.89. The van der Waals surface area contributed by atoms with Crippen LogP contribution in [0.3, 0.4) is 0 Å². The van der Waals surface area contributed by atoms with Gasteiger partial charge >= 0.3 is 0 Å². The Morgan fingerprint density at radius 3 is 3.05 bits per heavy atom. The number of benzene rings is 1. The fourth-order valence-electron chi connectivity index (χ4n) is 3.28. The Kier molecular flexibility index (Phi) is 4.34. The highest BCUT2D eigenvalue weighted by Crippen LogP contribution is 2.19. The summed E-state index contributed by atoms with van der Waals surface area (Å²) >= 11 is 0. The second kappa shape index (κ2) is 6.39. The first-order valence-electron chi connectivity index (χ1n) is 7.94. The van der Waals surface area contributed by atoms with Gasteiger partial charge < -0.3 is 9.88 Å². The smallest absolute Gasteiger partial charge is 0.140 e. The molecule has 0 aliphatic carbocycles. The molecule has 1 aliphatic rings. The number of nitrogens with one attached hydrogen (secondary N) is 1. The van der Waals surface area contributed by atoms with Gasteiger partial charge in [0.05, 0.1) is 17.5 Å². The van der Waals surface area contributed by atoms with Crippen LogP contribution < -0.4 is 5.32 Å². The van der Waals surface area contributed by atoms with Gasteiger partial charge in [-0.1, -0.05) is 12.1 Å². The Bertz CT molecular complexity index is 626. The Morgan fingerprint density at radius 1 is 1.43 bits per heavy atom. The van der Waals surface area contributed by atoms with Gasteiger partial charge in [0.25, 0.3) is 0 Å². The zero-order valence-corrected chi connectivity index (χ0v) is 12.6. The number of carbonyl (C=O) groups is 1. The molecule has 1 unspecified atom stereocenters. The summed E-state index contributed by atoms with van der Waals surface area (Å²) in [4.78, 5) is 17.0. The molecule has 21 heavy (non-hydrogen) atoms. The number of para-hydroxylation sites is 2. The SMILES string of the molecule is CCn1c(CC(=O)CC2CCCNC2)nc2ccccc21. The van der Waals surface area contributed by atoms with Crippen LogP contribution in [-0.4, -0.2) is 28.4 Å². The zero-order valence-electron chi connectivity index (χ0n) is 12.6. The first-order chi connectivity index (χ1) is 10.3. The Labute approximate surface area is 125 Å². The lowest BCUT2D eigenvalue weighted by molar-refractivity contribution is -0.119. The van der Waals surface area contributed by atoms with Crippen molar-refractivity contribution in [3.8, 4) is 0 Å². The van der Waals surface area contributed by atoms with Crippen LogP contribution in [0.2, 0.25) is 0 Å². The van der Waals surface area contributed by atoms with Crippen LogP contribution in [-0.2, 0) is 17.8 Å². The highest BCUT2D eigenvalue weighted by Gasteiger charge is 2.19. The maximum Gasteiger partial charge on any atom is 0.140 e. The van der Waals surface area contributed by atoms with E-state index in [-0.39, 0.29) is 0 Å². The van der Waals surface area contributed by atoms with Gasteiger partial charge in [-0.2, -0.15) is 0 Å². The van der Waals surface area contributed by atoms with Crippen molar-refractivity contribution < 1.29 is 4.79 Å². The number of hydrogen-bond donors (Lipinski definition) is 1. The fraction of sp³-hybridized carbons (Fsp3) is 0.529. The maximum atomic E-state index is 12.3. The molecule has 0 amide bonds. The van der Waals surface area contributed by atoms with Crippen LogP contribution in [0, 0.1) is 5.92 Å². The zero-order chi connectivity index (χ0) is 14.7. The van der Waals surface area contributed by atoms with Crippen LogP contribution in [0.15, 0.2) is 24.3 Å². The van der Waals surface area contributed by atoms with E-state index in [1.165, 1.54) is 12.8 Å². The summed E-state index contributed by atoms with van der Waals surface area (Å²) < 4.78 is 2.16. The third-order valence-electron chi connectivity index (χ3n) is 4.32. The Hall–Kier alpha value is -1.68. The topological polar surface area (TPSA) is 46.9 Å². The van der Waals surface area contributed by atoms with Crippen LogP contribution in [0.5, 0.6) is 0 Å². The van der Waals surface area contributed by atoms with Gasteiger partial charge in [0.1, 0.15) is 11.6 Å². The summed E-state index contributed by atoms with van der Waals surface area (Å²) in [6.07, 6.45) is 3.49. The number of Topliss-reactive ketones (excluding diaryl/α,β-unsaturated/α-hetero) is 1. The molecule has 3 rings (SSSR count). The molecule has 1 atom stereocenters. The third kappa shape index (κ3) is 3.16. The van der Waals surface area contributed by atoms with E-state index >= 15 is 0 Å². The molecule has 0 spiro atoms. The van der Waals surface area contributed by atoms with Crippen LogP contribution >= 0.6 is 0 Å². The van der Waals surface area contributed by atoms with Crippen molar-refractivity contribution in [2.24, 2.45) is 5.92 Å². The highest BCUT2D eigenvalue weighted by atomic mass is 16.1. The number of hydrogen-bond acceptors (Lipinski definition) is 3. The number of piperidine rings is 1. The van der Waals surface area contributed by atoms with E-state index in [0.29, 0.717) is 24.5 Å². The van der Waals surface area contributed by atoms with Gasteiger partial charge in [0, 0.05) is 13.0 Å². The van der Waals surface area contributed by atoms with E-state index in [4.69, 9.17) is 0 Å². The first-order valence-corrected chi connectivity index (χ1v) is 7.94. The molecule has 2 aromatic rings. The van der Waals surface area contributed by atoms with Gasteiger partial charge in [-0.3, -0.25) is 4.79 Å². The average molecular weight is 285 g/mol. The van der Waals surface area contributed by atoms with Crippen molar-refractivity contribution >= 4 is 16.8 Å². The lowest BCUT2D eigenvalue weighted by Crippen LogP contribution is -2.31. The molecule has 4 heteroatoms. The molecule has 1 aliphatic heterocycles. The van der Waals surface area contributed by atoms with Crippen molar-refractivity contribution in [1.82, 2.24) is 14.9 Å². The van der Waals surface area contributed by atoms with Gasteiger partial charge in [-0.25, -0.2) is 4.98 Å². The number of aromatic nitrogens is 2. The van der Waals surface area contributed by atoms with Crippen LogP contribution in [0.1, 0.15) is 32.0 Å². The lowest BCUT2D eigenvalue weighted by Gasteiger charge is -2.21. The predicted octanol–water partition coefficient (Wildman–Crippen LogP) is 2.56. The number of rotatable bonds is 5. The molecule has 1 aromatic heterocycles. The van der Waals surface area contributed by atoms with E-state index in [1.807, 2.05) is 18.2 Å². The fourth-order valence-corrected chi connectivity index (χ4v) is 3.28. The molecule has 1 fully saturated rings. The molecular formula is C17H23N3O. The molecule has 4 nitrogen and oxygen atoms in total. The van der Waals surface area contributed by atoms with Gasteiger partial charge in [0.15, 0.2) is 0 Å². The van der Waals surface area contributed by atoms with E-state index in [9.17, 15) is 4.79 Å². The lowest BCUT2D eigenvalue weighted by atomic mass is 9.93. The Balaban J connectivity index is 1.73. The minimum absolute atomic E-state index is 0.314. The monoisotopic (exact) mass is 285 g/mol. The maximum absolute atomic E-state index is 12.3. The molecule has 1 aromatic carbocycles. The largest absolute Gasteiger partial charge is 0.328 e. The summed E-state index contributed by atoms with van der Waals surface area (Å²) in [7, 11) is 0. The van der Waals surface area contributed by atoms with Crippen molar-refractivity contribution in [2.45, 2.75) is 39.2 Å². The van der Waals surface area contributed by atoms with Crippen molar-refractivity contribution in [1.29, 1.82) is 0 Å². The number of fused-ring (bicyclic) bond motifs is 1. The number of imidazole rings is 1. The summed E-state index contributed by atoms with van der Waals surface area (Å²) in [5.74, 6) is 1.73. The standard InChI is InChI=1S/C17H23N3O/c1-2-20-16-8-4-3-7-15(16)19-17(20)11-14(21)10-13-6-5-9-18-12-13/h3-4,7-8,13,18H,2,5-6,9-12H2,1H3.